The molecule has 23 heavy (non-hydrogen) atoms. The summed E-state index contributed by atoms with van der Waals surface area (Å²) in [7, 11) is 0. The molecule has 0 radical (unpaired) electrons. The largest absolute Gasteiger partial charge is 0.489 e. The van der Waals surface area contributed by atoms with Crippen molar-refractivity contribution in [3.8, 4) is 5.75 Å². The predicted octanol–water partition coefficient (Wildman–Crippen LogP) is 7.31. The van der Waals surface area contributed by atoms with Gasteiger partial charge in [0.05, 0.1) is 21.7 Å². The lowest BCUT2D eigenvalue weighted by Crippen LogP contribution is -2.03. The van der Waals surface area contributed by atoms with E-state index in [4.69, 9.17) is 62.7 Å². The van der Waals surface area contributed by atoms with Crippen LogP contribution in [0.3, 0.4) is 0 Å². The van der Waals surface area contributed by atoms with Crippen molar-refractivity contribution in [1.82, 2.24) is 0 Å². The molecule has 7 heteroatoms. The molecule has 0 N–H and O–H groups in total. The predicted molar refractivity (Wildman–Crippen MR) is 104 cm³/mol. The Morgan fingerprint density at radius 3 is 1.91 bits per heavy atom. The minimum Gasteiger partial charge on any atom is -0.489 e. The second kappa shape index (κ2) is 9.50. The van der Waals surface area contributed by atoms with Gasteiger partial charge in [-0.15, -0.1) is 0 Å². The molecule has 0 fully saturated rings. The lowest BCUT2D eigenvalue weighted by atomic mass is 10.2. The van der Waals surface area contributed by atoms with Crippen molar-refractivity contribution in [2.45, 2.75) is 6.42 Å². The molecule has 1 nitrogen and oxygen atoms in total. The Hall–Kier alpha value is 0.0400. The van der Waals surface area contributed by atoms with Crippen molar-refractivity contribution < 1.29 is 4.74 Å². The van der Waals surface area contributed by atoms with Crippen LogP contribution in [0.25, 0.3) is 0 Å². The summed E-state index contributed by atoms with van der Waals surface area (Å²) in [4.78, 5) is 0. The van der Waals surface area contributed by atoms with Crippen molar-refractivity contribution >= 4 is 69.8 Å². The SMILES string of the molecule is Clc1c(Cl)c(Cl)c(OCCSCCc2ccccc2)c(Cl)c1Cl. The fraction of sp³-hybridized carbons (Fsp3) is 0.250. The molecule has 2 aromatic rings. The van der Waals surface area contributed by atoms with Gasteiger partial charge in [0.15, 0.2) is 5.75 Å². The highest BCUT2D eigenvalue weighted by Crippen LogP contribution is 2.48. The minimum atomic E-state index is 0.132. The highest BCUT2D eigenvalue weighted by molar-refractivity contribution is 7.99. The maximum Gasteiger partial charge on any atom is 0.159 e. The molecule has 0 aromatic heterocycles. The smallest absolute Gasteiger partial charge is 0.159 e. The van der Waals surface area contributed by atoms with Crippen LogP contribution in [0.4, 0.5) is 0 Å². The number of benzene rings is 2. The molecule has 2 rings (SSSR count). The van der Waals surface area contributed by atoms with Gasteiger partial charge in [-0.3, -0.25) is 0 Å². The van der Waals surface area contributed by atoms with Gasteiger partial charge in [0.1, 0.15) is 10.0 Å². The maximum atomic E-state index is 6.10. The van der Waals surface area contributed by atoms with E-state index in [-0.39, 0.29) is 30.9 Å². The molecular weight excluding hydrogens is 418 g/mol. The van der Waals surface area contributed by atoms with Gasteiger partial charge in [0.25, 0.3) is 0 Å². The quantitative estimate of drug-likeness (QED) is 0.259. The standard InChI is InChI=1S/C16H13Cl5OS/c17-11-12(18)14(20)16(15(21)13(11)19)22-7-9-23-8-6-10-4-2-1-3-5-10/h1-5H,6-9H2. The summed E-state index contributed by atoms with van der Waals surface area (Å²) < 4.78 is 5.62. The fourth-order valence-corrected chi connectivity index (χ4v) is 3.87. The van der Waals surface area contributed by atoms with Crippen LogP contribution in [-0.4, -0.2) is 18.1 Å². The van der Waals surface area contributed by atoms with Gasteiger partial charge in [0.2, 0.25) is 0 Å². The van der Waals surface area contributed by atoms with E-state index in [9.17, 15) is 0 Å². The van der Waals surface area contributed by atoms with Crippen LogP contribution in [0.5, 0.6) is 5.75 Å². The van der Waals surface area contributed by atoms with Crippen LogP contribution in [0.15, 0.2) is 30.3 Å². The molecule has 0 aliphatic rings. The Kier molecular flexibility index (Phi) is 8.00. The number of rotatable bonds is 7. The topological polar surface area (TPSA) is 9.23 Å². The van der Waals surface area contributed by atoms with Gasteiger partial charge in [-0.1, -0.05) is 88.3 Å². The third kappa shape index (κ3) is 5.26. The molecule has 0 spiro atoms. The molecule has 0 saturated carbocycles. The molecule has 0 bridgehead atoms. The summed E-state index contributed by atoms with van der Waals surface area (Å²) in [5, 5.41) is 0.789. The fourth-order valence-electron chi connectivity index (χ4n) is 1.85. The van der Waals surface area contributed by atoms with Crippen molar-refractivity contribution in [3.05, 3.63) is 61.0 Å². The van der Waals surface area contributed by atoms with Gasteiger partial charge >= 0.3 is 0 Å². The third-order valence-electron chi connectivity index (χ3n) is 3.02. The molecule has 0 aliphatic heterocycles. The normalized spacial score (nSPS) is 10.8. The van der Waals surface area contributed by atoms with E-state index in [0.29, 0.717) is 6.61 Å². The molecule has 0 unspecified atom stereocenters. The maximum absolute atomic E-state index is 6.10. The van der Waals surface area contributed by atoms with E-state index < -0.39 is 0 Å². The Labute approximate surface area is 165 Å². The second-order valence-corrected chi connectivity index (χ2v) is 7.71. The molecule has 0 amide bonds. The summed E-state index contributed by atoms with van der Waals surface area (Å²) in [6.07, 6.45) is 1.02. The molecule has 0 heterocycles. The number of aryl methyl sites for hydroxylation is 1. The van der Waals surface area contributed by atoms with E-state index in [1.165, 1.54) is 5.56 Å². The Morgan fingerprint density at radius 1 is 0.739 bits per heavy atom. The number of ether oxygens (including phenoxy) is 1. The first-order valence-electron chi connectivity index (χ1n) is 6.78. The van der Waals surface area contributed by atoms with Crippen LogP contribution in [0, 0.1) is 0 Å². The van der Waals surface area contributed by atoms with Gasteiger partial charge < -0.3 is 4.74 Å². The number of thioether (sulfide) groups is 1. The highest BCUT2D eigenvalue weighted by atomic mass is 35.5. The highest BCUT2D eigenvalue weighted by Gasteiger charge is 2.20. The number of hydrogen-bond acceptors (Lipinski definition) is 2. The van der Waals surface area contributed by atoms with Crippen LogP contribution in [0.2, 0.25) is 25.1 Å². The Bertz CT molecular complexity index is 634. The van der Waals surface area contributed by atoms with Crippen LogP contribution in [0.1, 0.15) is 5.56 Å². The summed E-state index contributed by atoms with van der Waals surface area (Å²) in [6, 6.07) is 10.3. The zero-order valence-electron chi connectivity index (χ0n) is 11.9. The van der Waals surface area contributed by atoms with Crippen molar-refractivity contribution in [3.63, 3.8) is 0 Å². The molecule has 2 aromatic carbocycles. The van der Waals surface area contributed by atoms with E-state index >= 15 is 0 Å². The Morgan fingerprint density at radius 2 is 1.30 bits per heavy atom. The van der Waals surface area contributed by atoms with E-state index in [1.807, 2.05) is 18.2 Å². The molecule has 0 atom stereocenters. The average Bonchev–Trinajstić information content (AvgIpc) is 2.58. The van der Waals surface area contributed by atoms with Crippen LogP contribution >= 0.6 is 69.8 Å². The van der Waals surface area contributed by atoms with Crippen LogP contribution < -0.4 is 4.74 Å². The molecule has 0 aliphatic carbocycles. The average molecular weight is 431 g/mol. The molecule has 124 valence electrons. The van der Waals surface area contributed by atoms with Gasteiger partial charge in [-0.05, 0) is 17.7 Å². The van der Waals surface area contributed by atoms with Gasteiger partial charge in [0, 0.05) is 5.75 Å². The van der Waals surface area contributed by atoms with Gasteiger partial charge in [-0.25, -0.2) is 0 Å². The summed E-state index contributed by atoms with van der Waals surface area (Å²) in [5.41, 5.74) is 1.32. The number of hydrogen-bond donors (Lipinski definition) is 0. The van der Waals surface area contributed by atoms with Crippen molar-refractivity contribution in [2.24, 2.45) is 0 Å². The summed E-state index contributed by atoms with van der Waals surface area (Å²) in [6.45, 7) is 0.452. The van der Waals surface area contributed by atoms with E-state index in [1.54, 1.807) is 11.8 Å². The molecule has 0 saturated heterocycles. The lowest BCUT2D eigenvalue weighted by molar-refractivity contribution is 0.344. The summed E-state index contributed by atoms with van der Waals surface area (Å²) >= 11 is 31.9. The van der Waals surface area contributed by atoms with Crippen molar-refractivity contribution in [1.29, 1.82) is 0 Å². The third-order valence-corrected chi connectivity index (χ3v) is 6.21. The summed E-state index contributed by atoms with van der Waals surface area (Å²) in [5.74, 6) is 2.09. The lowest BCUT2D eigenvalue weighted by Gasteiger charge is -2.13. The monoisotopic (exact) mass is 428 g/mol. The Balaban J connectivity index is 1.81. The van der Waals surface area contributed by atoms with E-state index in [2.05, 4.69) is 12.1 Å². The zero-order valence-corrected chi connectivity index (χ0v) is 16.5. The number of halogens is 5. The zero-order chi connectivity index (χ0) is 16.8. The van der Waals surface area contributed by atoms with Crippen molar-refractivity contribution in [2.75, 3.05) is 18.1 Å². The van der Waals surface area contributed by atoms with E-state index in [0.717, 1.165) is 17.9 Å². The second-order valence-electron chi connectivity index (χ2n) is 4.60. The first-order chi connectivity index (χ1) is 11.0. The minimum absolute atomic E-state index is 0.132. The first-order valence-corrected chi connectivity index (χ1v) is 9.82. The first kappa shape index (κ1) is 19.4. The van der Waals surface area contributed by atoms with Crippen LogP contribution in [-0.2, 0) is 6.42 Å². The molecular formula is C16H13Cl5OS. The van der Waals surface area contributed by atoms with Gasteiger partial charge in [-0.2, -0.15) is 11.8 Å².